The molecule has 0 aliphatic carbocycles. The van der Waals surface area contributed by atoms with Crippen molar-refractivity contribution in [1.29, 1.82) is 0 Å². The molecule has 0 rings (SSSR count). The monoisotopic (exact) mass is 532 g/mol. The van der Waals surface area contributed by atoms with E-state index in [1.165, 1.54) is 64.2 Å². The molecule has 0 aromatic carbocycles. The zero-order chi connectivity index (χ0) is 27.8. The molecule has 1 N–H and O–H groups in total. The van der Waals surface area contributed by atoms with Crippen LogP contribution in [-0.4, -0.2) is 37.0 Å². The summed E-state index contributed by atoms with van der Waals surface area (Å²) in [5.41, 5.74) is 0. The van der Waals surface area contributed by atoms with Gasteiger partial charge in [0.1, 0.15) is 6.10 Å². The van der Waals surface area contributed by atoms with Crippen LogP contribution in [0.5, 0.6) is 0 Å². The molecular weight excluding hydrogens is 472 g/mol. The lowest BCUT2D eigenvalue weighted by molar-refractivity contribution is -0.154. The minimum Gasteiger partial charge on any atom is -0.457 e. The maximum atomic E-state index is 12.1. The van der Waals surface area contributed by atoms with Crippen LogP contribution in [0.25, 0.3) is 0 Å². The van der Waals surface area contributed by atoms with Crippen LogP contribution in [-0.2, 0) is 14.3 Å². The van der Waals surface area contributed by atoms with Crippen LogP contribution < -0.4 is 0 Å². The molecule has 4 heteroatoms. The Labute approximate surface area is 235 Å². The lowest BCUT2D eigenvalue weighted by atomic mass is 10.1. The number of rotatable bonds is 28. The average Bonchev–Trinajstić information content (AvgIpc) is 2.92. The van der Waals surface area contributed by atoms with Crippen molar-refractivity contribution in [2.75, 3.05) is 19.8 Å². The predicted octanol–water partition coefficient (Wildman–Crippen LogP) is 9.58. The number of unbranched alkanes of at least 4 members (excludes halogenated alkanes) is 12. The molecule has 0 fully saturated rings. The Morgan fingerprint density at radius 1 is 0.658 bits per heavy atom. The van der Waals surface area contributed by atoms with E-state index in [1.807, 2.05) is 0 Å². The van der Waals surface area contributed by atoms with E-state index < -0.39 is 6.10 Å². The van der Waals surface area contributed by atoms with Gasteiger partial charge < -0.3 is 14.6 Å². The van der Waals surface area contributed by atoms with Crippen molar-refractivity contribution in [1.82, 2.24) is 0 Å². The summed E-state index contributed by atoms with van der Waals surface area (Å²) in [6.45, 7) is 5.15. The number of carbonyl (C=O) groups is 1. The highest BCUT2D eigenvalue weighted by Crippen LogP contribution is 2.10. The van der Waals surface area contributed by atoms with Crippen molar-refractivity contribution in [2.45, 2.75) is 142 Å². The van der Waals surface area contributed by atoms with Crippen LogP contribution in [0.2, 0.25) is 0 Å². The summed E-state index contributed by atoms with van der Waals surface area (Å²) in [6, 6.07) is 0. The van der Waals surface area contributed by atoms with Gasteiger partial charge in [0.2, 0.25) is 0 Å². The van der Waals surface area contributed by atoms with Crippen molar-refractivity contribution in [3.63, 3.8) is 0 Å². The van der Waals surface area contributed by atoms with E-state index in [2.05, 4.69) is 62.5 Å². The van der Waals surface area contributed by atoms with Crippen molar-refractivity contribution >= 4 is 5.97 Å². The highest BCUT2D eigenvalue weighted by Gasteiger charge is 2.13. The van der Waals surface area contributed by atoms with E-state index in [9.17, 15) is 9.90 Å². The second kappa shape index (κ2) is 31.6. The van der Waals surface area contributed by atoms with Gasteiger partial charge in [-0.15, -0.1) is 0 Å². The molecule has 4 nitrogen and oxygen atoms in total. The number of aliphatic hydroxyl groups is 1. The number of hydrogen-bond donors (Lipinski definition) is 1. The summed E-state index contributed by atoms with van der Waals surface area (Å²) < 4.78 is 11.0. The standard InChI is InChI=1S/C34H60O4/c1-3-5-7-9-11-13-15-17-19-21-23-25-27-29-34(36)38-33(31-35)32-37-30-28-26-24-22-20-18-16-14-12-10-8-6-4-2/h5,7,11-14,17,19,33,35H,3-4,6,8-10,15-16,18,20-32H2,1-2H3/b7-5-,13-11-,14-12-,19-17-. The predicted molar refractivity (Wildman–Crippen MR) is 163 cm³/mol. The molecular formula is C34H60O4. The summed E-state index contributed by atoms with van der Waals surface area (Å²) >= 11 is 0. The third kappa shape index (κ3) is 28.9. The van der Waals surface area contributed by atoms with Crippen LogP contribution in [0, 0.1) is 0 Å². The minimum absolute atomic E-state index is 0.188. The van der Waals surface area contributed by atoms with Crippen LogP contribution in [0.1, 0.15) is 136 Å². The van der Waals surface area contributed by atoms with E-state index in [0.717, 1.165) is 51.4 Å². The Kier molecular flexibility index (Phi) is 30.2. The average molecular weight is 533 g/mol. The minimum atomic E-state index is -0.550. The fraction of sp³-hybridized carbons (Fsp3) is 0.735. The van der Waals surface area contributed by atoms with Crippen molar-refractivity contribution < 1.29 is 19.4 Å². The molecule has 0 aliphatic rings. The first kappa shape index (κ1) is 36.4. The summed E-state index contributed by atoms with van der Waals surface area (Å²) in [6.07, 6.45) is 38.5. The SMILES string of the molecule is CC/C=C\C/C=C\C/C=C\CCCCCC(=O)OC(CO)COCCCCCCCC/C=C\CCCCC. The number of allylic oxidation sites excluding steroid dienone is 8. The zero-order valence-electron chi connectivity index (χ0n) is 24.9. The summed E-state index contributed by atoms with van der Waals surface area (Å²) in [7, 11) is 0. The molecule has 0 aromatic rings. The Morgan fingerprint density at radius 3 is 1.82 bits per heavy atom. The van der Waals surface area contributed by atoms with Crippen molar-refractivity contribution in [2.24, 2.45) is 0 Å². The van der Waals surface area contributed by atoms with E-state index in [0.29, 0.717) is 13.0 Å². The van der Waals surface area contributed by atoms with Gasteiger partial charge in [-0.2, -0.15) is 0 Å². The zero-order valence-corrected chi connectivity index (χ0v) is 24.9. The van der Waals surface area contributed by atoms with Gasteiger partial charge in [0.05, 0.1) is 13.2 Å². The molecule has 0 aliphatic heterocycles. The molecule has 0 radical (unpaired) electrons. The summed E-state index contributed by atoms with van der Waals surface area (Å²) in [5, 5.41) is 9.50. The first-order valence-corrected chi connectivity index (χ1v) is 15.7. The Morgan fingerprint density at radius 2 is 1.18 bits per heavy atom. The largest absolute Gasteiger partial charge is 0.457 e. The van der Waals surface area contributed by atoms with Gasteiger partial charge >= 0.3 is 5.97 Å². The molecule has 38 heavy (non-hydrogen) atoms. The van der Waals surface area contributed by atoms with Crippen molar-refractivity contribution in [3.8, 4) is 0 Å². The highest BCUT2D eigenvalue weighted by atomic mass is 16.6. The lowest BCUT2D eigenvalue weighted by Crippen LogP contribution is -2.27. The van der Waals surface area contributed by atoms with Gasteiger partial charge in [0, 0.05) is 13.0 Å². The normalized spacial score (nSPS) is 13.0. The van der Waals surface area contributed by atoms with Crippen LogP contribution >= 0.6 is 0 Å². The maximum Gasteiger partial charge on any atom is 0.306 e. The van der Waals surface area contributed by atoms with Gasteiger partial charge in [-0.1, -0.05) is 107 Å². The number of esters is 1. The first-order valence-electron chi connectivity index (χ1n) is 15.7. The number of aliphatic hydroxyl groups excluding tert-OH is 1. The van der Waals surface area contributed by atoms with Gasteiger partial charge in [-0.05, 0) is 70.6 Å². The fourth-order valence-corrected chi connectivity index (χ4v) is 4.04. The Bertz CT molecular complexity index is 606. The lowest BCUT2D eigenvalue weighted by Gasteiger charge is -2.15. The second-order valence-corrected chi connectivity index (χ2v) is 10.1. The summed E-state index contributed by atoms with van der Waals surface area (Å²) in [5.74, 6) is -0.235. The molecule has 1 unspecified atom stereocenters. The van der Waals surface area contributed by atoms with Gasteiger partial charge in [0.25, 0.3) is 0 Å². The van der Waals surface area contributed by atoms with E-state index in [4.69, 9.17) is 9.47 Å². The van der Waals surface area contributed by atoms with Gasteiger partial charge in [0.15, 0.2) is 0 Å². The van der Waals surface area contributed by atoms with E-state index in [-0.39, 0.29) is 19.2 Å². The topological polar surface area (TPSA) is 55.8 Å². The molecule has 0 saturated heterocycles. The quantitative estimate of drug-likeness (QED) is 0.0619. The molecule has 0 bridgehead atoms. The smallest absolute Gasteiger partial charge is 0.306 e. The molecule has 0 heterocycles. The molecule has 1 atom stereocenters. The highest BCUT2D eigenvalue weighted by molar-refractivity contribution is 5.69. The number of hydrogen-bond acceptors (Lipinski definition) is 4. The molecule has 0 amide bonds. The van der Waals surface area contributed by atoms with Crippen LogP contribution in [0.3, 0.4) is 0 Å². The van der Waals surface area contributed by atoms with E-state index in [1.54, 1.807) is 0 Å². The van der Waals surface area contributed by atoms with Crippen LogP contribution in [0.4, 0.5) is 0 Å². The Hall–Kier alpha value is -1.65. The molecule has 220 valence electrons. The third-order valence-corrected chi connectivity index (χ3v) is 6.39. The van der Waals surface area contributed by atoms with Gasteiger partial charge in [-0.3, -0.25) is 4.79 Å². The summed E-state index contributed by atoms with van der Waals surface area (Å²) in [4.78, 5) is 12.1. The molecule has 0 saturated carbocycles. The maximum absolute atomic E-state index is 12.1. The number of carbonyl (C=O) groups excluding carboxylic acids is 1. The second-order valence-electron chi connectivity index (χ2n) is 10.1. The first-order chi connectivity index (χ1) is 18.7. The van der Waals surface area contributed by atoms with Crippen molar-refractivity contribution in [3.05, 3.63) is 48.6 Å². The molecule has 0 aromatic heterocycles. The van der Waals surface area contributed by atoms with E-state index >= 15 is 0 Å². The van der Waals surface area contributed by atoms with Crippen LogP contribution in [0.15, 0.2) is 48.6 Å². The fourth-order valence-electron chi connectivity index (χ4n) is 4.04. The number of ether oxygens (including phenoxy) is 2. The van der Waals surface area contributed by atoms with Gasteiger partial charge in [-0.25, -0.2) is 0 Å². The molecule has 0 spiro atoms. The Balaban J connectivity index is 3.54. The third-order valence-electron chi connectivity index (χ3n) is 6.39.